The van der Waals surface area contributed by atoms with Gasteiger partial charge in [0.25, 0.3) is 0 Å². The SMILES string of the molecule is N#CCC(=O)Nc1cccc2ncccc12. The van der Waals surface area contributed by atoms with Crippen LogP contribution in [0.1, 0.15) is 6.42 Å². The van der Waals surface area contributed by atoms with Crippen molar-refractivity contribution >= 4 is 22.5 Å². The van der Waals surface area contributed by atoms with E-state index in [1.165, 1.54) is 0 Å². The number of nitrogens with one attached hydrogen (secondary N) is 1. The van der Waals surface area contributed by atoms with Crippen molar-refractivity contribution in [1.29, 1.82) is 5.26 Å². The molecule has 1 N–H and O–H groups in total. The third-order valence-electron chi connectivity index (χ3n) is 2.16. The quantitative estimate of drug-likeness (QED) is 0.827. The van der Waals surface area contributed by atoms with Crippen LogP contribution in [0, 0.1) is 11.3 Å². The number of hydrogen-bond donors (Lipinski definition) is 1. The molecule has 0 spiro atoms. The fourth-order valence-electron chi connectivity index (χ4n) is 1.48. The highest BCUT2D eigenvalue weighted by atomic mass is 16.1. The molecule has 4 nitrogen and oxygen atoms in total. The zero-order valence-electron chi connectivity index (χ0n) is 8.47. The average Bonchev–Trinajstić information content (AvgIpc) is 2.30. The van der Waals surface area contributed by atoms with Gasteiger partial charge in [0.05, 0.1) is 17.3 Å². The number of aromatic nitrogens is 1. The van der Waals surface area contributed by atoms with Crippen LogP contribution in [-0.4, -0.2) is 10.9 Å². The molecule has 0 radical (unpaired) electrons. The lowest BCUT2D eigenvalue weighted by molar-refractivity contribution is -0.115. The monoisotopic (exact) mass is 211 g/mol. The number of benzene rings is 1. The summed E-state index contributed by atoms with van der Waals surface area (Å²) in [5.74, 6) is -0.307. The van der Waals surface area contributed by atoms with Crippen molar-refractivity contribution in [2.75, 3.05) is 5.32 Å². The highest BCUT2D eigenvalue weighted by molar-refractivity contribution is 6.01. The number of nitriles is 1. The Balaban J connectivity index is 2.38. The summed E-state index contributed by atoms with van der Waals surface area (Å²) in [7, 11) is 0. The van der Waals surface area contributed by atoms with Gasteiger partial charge < -0.3 is 5.32 Å². The van der Waals surface area contributed by atoms with Gasteiger partial charge in [0, 0.05) is 11.6 Å². The van der Waals surface area contributed by atoms with Gasteiger partial charge in [0.2, 0.25) is 5.91 Å². The summed E-state index contributed by atoms with van der Waals surface area (Å²) in [6, 6.07) is 11.0. The third kappa shape index (κ3) is 1.98. The van der Waals surface area contributed by atoms with Crippen molar-refractivity contribution in [3.05, 3.63) is 36.5 Å². The molecule has 0 aliphatic heterocycles. The van der Waals surface area contributed by atoms with Gasteiger partial charge in [-0.25, -0.2) is 0 Å². The van der Waals surface area contributed by atoms with Crippen molar-refractivity contribution in [3.8, 4) is 6.07 Å². The van der Waals surface area contributed by atoms with E-state index in [-0.39, 0.29) is 12.3 Å². The van der Waals surface area contributed by atoms with Crippen molar-refractivity contribution in [1.82, 2.24) is 4.98 Å². The van der Waals surface area contributed by atoms with Gasteiger partial charge in [0.1, 0.15) is 6.42 Å². The minimum Gasteiger partial charge on any atom is -0.325 e. The number of hydrogen-bond acceptors (Lipinski definition) is 3. The summed E-state index contributed by atoms with van der Waals surface area (Å²) < 4.78 is 0. The Morgan fingerprint density at radius 1 is 1.38 bits per heavy atom. The zero-order chi connectivity index (χ0) is 11.4. The van der Waals surface area contributed by atoms with Crippen LogP contribution in [0.15, 0.2) is 36.5 Å². The number of anilines is 1. The van der Waals surface area contributed by atoms with Crippen LogP contribution in [0.5, 0.6) is 0 Å². The number of carbonyl (C=O) groups is 1. The molecule has 0 saturated carbocycles. The molecule has 2 rings (SSSR count). The Morgan fingerprint density at radius 2 is 2.25 bits per heavy atom. The summed E-state index contributed by atoms with van der Waals surface area (Å²) in [5.41, 5.74) is 1.50. The molecule has 1 aromatic carbocycles. The minimum absolute atomic E-state index is 0.142. The van der Waals surface area contributed by atoms with Crippen LogP contribution in [0.2, 0.25) is 0 Å². The van der Waals surface area contributed by atoms with Crippen molar-refractivity contribution in [2.45, 2.75) is 6.42 Å². The lowest BCUT2D eigenvalue weighted by atomic mass is 10.2. The van der Waals surface area contributed by atoms with E-state index in [1.807, 2.05) is 30.3 Å². The van der Waals surface area contributed by atoms with Crippen LogP contribution >= 0.6 is 0 Å². The molecule has 0 unspecified atom stereocenters. The van der Waals surface area contributed by atoms with Gasteiger partial charge in [0.15, 0.2) is 0 Å². The second kappa shape index (κ2) is 4.41. The summed E-state index contributed by atoms with van der Waals surface area (Å²) in [6.45, 7) is 0. The first kappa shape index (κ1) is 10.1. The number of nitrogens with zero attached hydrogens (tertiary/aromatic N) is 2. The van der Waals surface area contributed by atoms with E-state index in [2.05, 4.69) is 10.3 Å². The normalized spacial score (nSPS) is 9.69. The van der Waals surface area contributed by atoms with Crippen LogP contribution in [0.25, 0.3) is 10.9 Å². The summed E-state index contributed by atoms with van der Waals surface area (Å²) in [5, 5.41) is 12.0. The first-order valence-electron chi connectivity index (χ1n) is 4.82. The van der Waals surface area contributed by atoms with E-state index in [0.717, 1.165) is 10.9 Å². The number of carbonyl (C=O) groups excluding carboxylic acids is 1. The molecule has 0 saturated heterocycles. The first-order valence-corrected chi connectivity index (χ1v) is 4.82. The van der Waals surface area contributed by atoms with E-state index in [9.17, 15) is 4.79 Å². The second-order valence-corrected chi connectivity index (χ2v) is 3.26. The molecule has 16 heavy (non-hydrogen) atoms. The van der Waals surface area contributed by atoms with Crippen molar-refractivity contribution in [2.24, 2.45) is 0 Å². The molecule has 4 heteroatoms. The van der Waals surface area contributed by atoms with Crippen molar-refractivity contribution in [3.63, 3.8) is 0 Å². The third-order valence-corrected chi connectivity index (χ3v) is 2.16. The maximum absolute atomic E-state index is 11.3. The van der Waals surface area contributed by atoms with Gasteiger partial charge in [-0.15, -0.1) is 0 Å². The molecular weight excluding hydrogens is 202 g/mol. The summed E-state index contributed by atoms with van der Waals surface area (Å²) in [6.07, 6.45) is 1.56. The van der Waals surface area contributed by atoms with E-state index >= 15 is 0 Å². The van der Waals surface area contributed by atoms with Crippen molar-refractivity contribution < 1.29 is 4.79 Å². The lowest BCUT2D eigenvalue weighted by Crippen LogP contribution is -2.10. The first-order chi connectivity index (χ1) is 7.81. The fourth-order valence-corrected chi connectivity index (χ4v) is 1.48. The standard InChI is InChI=1S/C12H9N3O/c13-7-6-12(16)15-11-5-1-4-10-9(11)3-2-8-14-10/h1-5,8H,6H2,(H,15,16). The maximum Gasteiger partial charge on any atom is 0.238 e. The van der Waals surface area contributed by atoms with Crippen LogP contribution < -0.4 is 5.32 Å². The highest BCUT2D eigenvalue weighted by Crippen LogP contribution is 2.21. The van der Waals surface area contributed by atoms with Crippen LogP contribution in [0.3, 0.4) is 0 Å². The minimum atomic E-state index is -0.307. The number of amides is 1. The lowest BCUT2D eigenvalue weighted by Gasteiger charge is -2.06. The predicted molar refractivity (Wildman–Crippen MR) is 60.6 cm³/mol. The Bertz CT molecular complexity index is 566. The molecule has 2 aromatic rings. The van der Waals surface area contributed by atoms with E-state index < -0.39 is 0 Å². The molecule has 1 heterocycles. The second-order valence-electron chi connectivity index (χ2n) is 3.26. The van der Waals surface area contributed by atoms with E-state index in [0.29, 0.717) is 5.69 Å². The Kier molecular flexibility index (Phi) is 2.79. The Morgan fingerprint density at radius 3 is 3.06 bits per heavy atom. The van der Waals surface area contributed by atoms with E-state index in [4.69, 9.17) is 5.26 Å². The fraction of sp³-hybridized carbons (Fsp3) is 0.0833. The molecule has 0 bridgehead atoms. The molecule has 0 aliphatic rings. The van der Waals surface area contributed by atoms with Gasteiger partial charge >= 0.3 is 0 Å². The Hall–Kier alpha value is -2.41. The number of rotatable bonds is 2. The molecule has 0 aliphatic carbocycles. The molecule has 1 amide bonds. The highest BCUT2D eigenvalue weighted by Gasteiger charge is 2.04. The largest absolute Gasteiger partial charge is 0.325 e. The van der Waals surface area contributed by atoms with Gasteiger partial charge in [-0.05, 0) is 24.3 Å². The zero-order valence-corrected chi connectivity index (χ0v) is 8.47. The number of fused-ring (bicyclic) bond motifs is 1. The van der Waals surface area contributed by atoms with Gasteiger partial charge in [-0.2, -0.15) is 5.26 Å². The maximum atomic E-state index is 11.3. The number of pyridine rings is 1. The summed E-state index contributed by atoms with van der Waals surface area (Å²) >= 11 is 0. The van der Waals surface area contributed by atoms with Gasteiger partial charge in [-0.3, -0.25) is 9.78 Å². The molecule has 0 atom stereocenters. The summed E-state index contributed by atoms with van der Waals surface area (Å²) in [4.78, 5) is 15.5. The van der Waals surface area contributed by atoms with Crippen LogP contribution in [0.4, 0.5) is 5.69 Å². The van der Waals surface area contributed by atoms with Crippen LogP contribution in [-0.2, 0) is 4.79 Å². The smallest absolute Gasteiger partial charge is 0.238 e. The van der Waals surface area contributed by atoms with E-state index in [1.54, 1.807) is 12.3 Å². The average molecular weight is 211 g/mol. The molecule has 1 aromatic heterocycles. The predicted octanol–water partition coefficient (Wildman–Crippen LogP) is 2.09. The van der Waals surface area contributed by atoms with Gasteiger partial charge in [-0.1, -0.05) is 6.07 Å². The molecule has 0 fully saturated rings. The molecular formula is C12H9N3O. The Labute approximate surface area is 92.5 Å². The topological polar surface area (TPSA) is 65.8 Å². The molecule has 78 valence electrons.